The van der Waals surface area contributed by atoms with Crippen molar-refractivity contribution in [2.45, 2.75) is 32.0 Å². The molecule has 0 heterocycles. The molecule has 1 nitrogen and oxygen atoms in total. The van der Waals surface area contributed by atoms with E-state index in [0.717, 1.165) is 12.0 Å². The molecule has 96 valence electrons. The number of alkyl halides is 1. The number of ether oxygens (including phenoxy) is 1. The molecule has 0 aromatic heterocycles. The molecular formula is C14H20BrFO. The van der Waals surface area contributed by atoms with Crippen LogP contribution in [0.2, 0.25) is 0 Å². The Labute approximate surface area is 111 Å². The number of methoxy groups -OCH3 is 1. The van der Waals surface area contributed by atoms with Gasteiger partial charge in [-0.05, 0) is 36.0 Å². The summed E-state index contributed by atoms with van der Waals surface area (Å²) in [5.74, 6) is 1.09. The van der Waals surface area contributed by atoms with Crippen LogP contribution in [0.1, 0.15) is 26.3 Å². The van der Waals surface area contributed by atoms with E-state index in [1.165, 1.54) is 7.11 Å². The standard InChI is InChI=1S/C14H20BrFO/c1-9(2)12(10(3)15)7-11-5-6-14(17-4)13(16)8-11/h5-6,8-10,12H,7H2,1-4H3. The van der Waals surface area contributed by atoms with E-state index in [1.807, 2.05) is 6.07 Å². The van der Waals surface area contributed by atoms with Crippen LogP contribution >= 0.6 is 15.9 Å². The van der Waals surface area contributed by atoms with Crippen LogP contribution in [0.5, 0.6) is 5.75 Å². The highest BCUT2D eigenvalue weighted by atomic mass is 79.9. The molecule has 1 aromatic carbocycles. The minimum atomic E-state index is -0.283. The largest absolute Gasteiger partial charge is 0.494 e. The number of hydrogen-bond acceptors (Lipinski definition) is 1. The minimum Gasteiger partial charge on any atom is -0.494 e. The molecule has 17 heavy (non-hydrogen) atoms. The van der Waals surface area contributed by atoms with Gasteiger partial charge in [0.15, 0.2) is 11.6 Å². The fourth-order valence-electron chi connectivity index (χ4n) is 2.04. The van der Waals surface area contributed by atoms with Crippen molar-refractivity contribution < 1.29 is 9.13 Å². The molecule has 2 atom stereocenters. The normalized spacial score (nSPS) is 14.8. The zero-order chi connectivity index (χ0) is 13.0. The van der Waals surface area contributed by atoms with E-state index in [-0.39, 0.29) is 5.82 Å². The first-order valence-electron chi connectivity index (χ1n) is 5.92. The molecule has 0 saturated heterocycles. The van der Waals surface area contributed by atoms with Crippen LogP contribution in [-0.4, -0.2) is 11.9 Å². The quantitative estimate of drug-likeness (QED) is 0.731. The van der Waals surface area contributed by atoms with Crippen LogP contribution in [0.3, 0.4) is 0 Å². The lowest BCUT2D eigenvalue weighted by Gasteiger charge is -2.23. The minimum absolute atomic E-state index is 0.283. The van der Waals surface area contributed by atoms with Gasteiger partial charge in [-0.3, -0.25) is 0 Å². The van der Waals surface area contributed by atoms with Crippen molar-refractivity contribution in [3.05, 3.63) is 29.6 Å². The maximum Gasteiger partial charge on any atom is 0.165 e. The van der Waals surface area contributed by atoms with Crippen LogP contribution < -0.4 is 4.74 Å². The Bertz CT molecular complexity index is 355. The van der Waals surface area contributed by atoms with Gasteiger partial charge in [0.05, 0.1) is 7.11 Å². The number of hydrogen-bond donors (Lipinski definition) is 0. The van der Waals surface area contributed by atoms with Crippen molar-refractivity contribution in [3.8, 4) is 5.75 Å². The predicted molar refractivity (Wildman–Crippen MR) is 73.4 cm³/mol. The van der Waals surface area contributed by atoms with Gasteiger partial charge in [0, 0.05) is 4.83 Å². The topological polar surface area (TPSA) is 9.23 Å². The summed E-state index contributed by atoms with van der Waals surface area (Å²) in [6.45, 7) is 6.54. The Kier molecular flexibility index (Phi) is 5.44. The van der Waals surface area contributed by atoms with Gasteiger partial charge in [0.2, 0.25) is 0 Å². The summed E-state index contributed by atoms with van der Waals surface area (Å²) in [7, 11) is 1.48. The van der Waals surface area contributed by atoms with E-state index in [0.29, 0.717) is 22.4 Å². The lowest BCUT2D eigenvalue weighted by atomic mass is 9.87. The third kappa shape index (κ3) is 3.98. The molecule has 0 aliphatic carbocycles. The fourth-order valence-corrected chi connectivity index (χ4v) is 2.83. The van der Waals surface area contributed by atoms with Gasteiger partial charge in [0.1, 0.15) is 0 Å². The maximum atomic E-state index is 13.6. The lowest BCUT2D eigenvalue weighted by Crippen LogP contribution is -2.20. The first kappa shape index (κ1) is 14.5. The number of halogens is 2. The van der Waals surface area contributed by atoms with E-state index < -0.39 is 0 Å². The van der Waals surface area contributed by atoms with Gasteiger partial charge >= 0.3 is 0 Å². The third-order valence-corrected chi connectivity index (χ3v) is 3.81. The molecule has 1 aromatic rings. The summed E-state index contributed by atoms with van der Waals surface area (Å²) < 4.78 is 18.5. The molecule has 3 heteroatoms. The second kappa shape index (κ2) is 6.39. The number of benzene rings is 1. The van der Waals surface area contributed by atoms with Gasteiger partial charge < -0.3 is 4.74 Å². The second-order valence-electron chi connectivity index (χ2n) is 4.76. The van der Waals surface area contributed by atoms with Crippen LogP contribution in [0.4, 0.5) is 4.39 Å². The van der Waals surface area contributed by atoms with Gasteiger partial charge in [-0.1, -0.05) is 42.8 Å². The van der Waals surface area contributed by atoms with Gasteiger partial charge in [-0.15, -0.1) is 0 Å². The molecule has 1 rings (SSSR count). The van der Waals surface area contributed by atoms with E-state index >= 15 is 0 Å². The van der Waals surface area contributed by atoms with Gasteiger partial charge in [-0.25, -0.2) is 4.39 Å². The van der Waals surface area contributed by atoms with Crippen LogP contribution in [-0.2, 0) is 6.42 Å². The molecule has 0 fully saturated rings. The highest BCUT2D eigenvalue weighted by molar-refractivity contribution is 9.09. The molecule has 0 radical (unpaired) electrons. The van der Waals surface area contributed by atoms with Crippen molar-refractivity contribution in [2.75, 3.05) is 7.11 Å². The van der Waals surface area contributed by atoms with Crippen LogP contribution in [0.15, 0.2) is 18.2 Å². The second-order valence-corrected chi connectivity index (χ2v) is 6.20. The van der Waals surface area contributed by atoms with Gasteiger partial charge in [0.25, 0.3) is 0 Å². The van der Waals surface area contributed by atoms with Gasteiger partial charge in [-0.2, -0.15) is 0 Å². The van der Waals surface area contributed by atoms with E-state index in [2.05, 4.69) is 36.7 Å². The van der Waals surface area contributed by atoms with Crippen LogP contribution in [0.25, 0.3) is 0 Å². The summed E-state index contributed by atoms with van der Waals surface area (Å²) in [5.41, 5.74) is 1.02. The van der Waals surface area contributed by atoms with E-state index in [9.17, 15) is 4.39 Å². The smallest absolute Gasteiger partial charge is 0.165 e. The Hall–Kier alpha value is -0.570. The monoisotopic (exact) mass is 302 g/mol. The third-order valence-electron chi connectivity index (χ3n) is 3.13. The predicted octanol–water partition coefficient (Wildman–Crippen LogP) is 4.43. The maximum absolute atomic E-state index is 13.6. The highest BCUT2D eigenvalue weighted by Gasteiger charge is 2.19. The lowest BCUT2D eigenvalue weighted by molar-refractivity contribution is 0.376. The van der Waals surface area contributed by atoms with E-state index in [4.69, 9.17) is 4.74 Å². The molecule has 0 saturated carbocycles. The molecule has 0 bridgehead atoms. The summed E-state index contributed by atoms with van der Waals surface area (Å²) in [4.78, 5) is 0.424. The zero-order valence-corrected chi connectivity index (χ0v) is 12.4. The molecule has 0 N–H and O–H groups in total. The van der Waals surface area contributed by atoms with Crippen LogP contribution in [0, 0.1) is 17.7 Å². The Morgan fingerprint density at radius 3 is 2.35 bits per heavy atom. The SMILES string of the molecule is COc1ccc(CC(C(C)C)C(C)Br)cc1F. The van der Waals surface area contributed by atoms with Crippen molar-refractivity contribution in [1.82, 2.24) is 0 Å². The summed E-state index contributed by atoms with van der Waals surface area (Å²) in [6, 6.07) is 5.21. The summed E-state index contributed by atoms with van der Waals surface area (Å²) in [6.07, 6.45) is 0.880. The molecule has 0 amide bonds. The average molecular weight is 303 g/mol. The van der Waals surface area contributed by atoms with Crippen molar-refractivity contribution in [2.24, 2.45) is 11.8 Å². The molecule has 2 unspecified atom stereocenters. The highest BCUT2D eigenvalue weighted by Crippen LogP contribution is 2.27. The Balaban J connectivity index is 2.83. The first-order valence-corrected chi connectivity index (χ1v) is 6.83. The van der Waals surface area contributed by atoms with Crippen molar-refractivity contribution in [1.29, 1.82) is 0 Å². The molecule has 0 aliphatic heterocycles. The first-order chi connectivity index (χ1) is 7.95. The summed E-state index contributed by atoms with van der Waals surface area (Å²) in [5, 5.41) is 0. The average Bonchev–Trinajstić information content (AvgIpc) is 2.25. The molecule has 0 aliphatic rings. The number of rotatable bonds is 5. The fraction of sp³-hybridized carbons (Fsp3) is 0.571. The Morgan fingerprint density at radius 2 is 1.94 bits per heavy atom. The molecule has 0 spiro atoms. The van der Waals surface area contributed by atoms with Crippen molar-refractivity contribution in [3.63, 3.8) is 0 Å². The molecular weight excluding hydrogens is 283 g/mol. The zero-order valence-electron chi connectivity index (χ0n) is 10.8. The van der Waals surface area contributed by atoms with E-state index in [1.54, 1.807) is 12.1 Å². The summed E-state index contributed by atoms with van der Waals surface area (Å²) >= 11 is 3.63. The van der Waals surface area contributed by atoms with Crippen molar-refractivity contribution >= 4 is 15.9 Å². The Morgan fingerprint density at radius 1 is 1.29 bits per heavy atom.